The van der Waals surface area contributed by atoms with Gasteiger partial charge < -0.3 is 14.9 Å². The molecule has 0 amide bonds. The summed E-state index contributed by atoms with van der Waals surface area (Å²) in [6, 6.07) is 5.00. The molecule has 1 aromatic carbocycles. The van der Waals surface area contributed by atoms with Gasteiger partial charge in [-0.1, -0.05) is 22.0 Å². The van der Waals surface area contributed by atoms with Crippen molar-refractivity contribution in [2.24, 2.45) is 0 Å². The number of aliphatic hydroxyl groups is 1. The SMILES string of the molecule is O=C(O)c1ccc(CN2CCOCC2CO)c(Br)c1. The molecule has 104 valence electrons. The maximum absolute atomic E-state index is 10.9. The Bertz CT molecular complexity index is 466. The van der Waals surface area contributed by atoms with Gasteiger partial charge in [-0.05, 0) is 17.7 Å². The van der Waals surface area contributed by atoms with E-state index in [0.29, 0.717) is 19.8 Å². The number of morpholine rings is 1. The standard InChI is InChI=1S/C13H16BrNO4/c14-12-5-9(13(17)18)1-2-10(12)6-15-3-4-19-8-11(15)7-16/h1-2,5,11,16H,3-4,6-8H2,(H,17,18). The van der Waals surface area contributed by atoms with E-state index in [4.69, 9.17) is 9.84 Å². The fraction of sp³-hybridized carbons (Fsp3) is 0.462. The number of ether oxygens (including phenoxy) is 1. The molecule has 1 aliphatic heterocycles. The molecule has 1 fully saturated rings. The van der Waals surface area contributed by atoms with Gasteiger partial charge in [-0.3, -0.25) is 4.90 Å². The third-order valence-electron chi connectivity index (χ3n) is 3.23. The van der Waals surface area contributed by atoms with Crippen LogP contribution in [0.25, 0.3) is 0 Å². The van der Waals surface area contributed by atoms with Crippen LogP contribution in [0.15, 0.2) is 22.7 Å². The molecule has 0 spiro atoms. The molecule has 1 heterocycles. The maximum atomic E-state index is 10.9. The molecule has 2 rings (SSSR count). The third kappa shape index (κ3) is 3.54. The van der Waals surface area contributed by atoms with Gasteiger partial charge in [0, 0.05) is 17.6 Å². The Morgan fingerprint density at radius 3 is 2.95 bits per heavy atom. The van der Waals surface area contributed by atoms with Crippen molar-refractivity contribution >= 4 is 21.9 Å². The fourth-order valence-electron chi connectivity index (χ4n) is 2.09. The van der Waals surface area contributed by atoms with Crippen LogP contribution in [0.2, 0.25) is 0 Å². The molecule has 1 saturated heterocycles. The van der Waals surface area contributed by atoms with Gasteiger partial charge in [0.2, 0.25) is 0 Å². The van der Waals surface area contributed by atoms with Crippen LogP contribution >= 0.6 is 15.9 Å². The lowest BCUT2D eigenvalue weighted by molar-refractivity contribution is -0.0313. The van der Waals surface area contributed by atoms with Gasteiger partial charge in [-0.15, -0.1) is 0 Å². The highest BCUT2D eigenvalue weighted by molar-refractivity contribution is 9.10. The summed E-state index contributed by atoms with van der Waals surface area (Å²) in [5.74, 6) is -0.938. The number of benzene rings is 1. The van der Waals surface area contributed by atoms with Gasteiger partial charge >= 0.3 is 5.97 Å². The van der Waals surface area contributed by atoms with Crippen LogP contribution in [0.5, 0.6) is 0 Å². The smallest absolute Gasteiger partial charge is 0.335 e. The summed E-state index contributed by atoms with van der Waals surface area (Å²) >= 11 is 3.40. The van der Waals surface area contributed by atoms with Crippen LogP contribution in [0, 0.1) is 0 Å². The van der Waals surface area contributed by atoms with Gasteiger partial charge in [0.15, 0.2) is 0 Å². The molecule has 1 atom stereocenters. The number of carbonyl (C=O) groups is 1. The number of carboxylic acid groups (broad SMARTS) is 1. The van der Waals surface area contributed by atoms with Crippen molar-refractivity contribution in [1.82, 2.24) is 4.90 Å². The number of rotatable bonds is 4. The van der Waals surface area contributed by atoms with Crippen LogP contribution < -0.4 is 0 Å². The fourth-order valence-corrected chi connectivity index (χ4v) is 2.60. The summed E-state index contributed by atoms with van der Waals surface area (Å²) < 4.78 is 6.10. The maximum Gasteiger partial charge on any atom is 0.335 e. The summed E-state index contributed by atoms with van der Waals surface area (Å²) in [5, 5.41) is 18.2. The van der Waals surface area contributed by atoms with E-state index in [9.17, 15) is 9.90 Å². The molecule has 0 saturated carbocycles. The highest BCUT2D eigenvalue weighted by atomic mass is 79.9. The summed E-state index contributed by atoms with van der Waals surface area (Å²) in [6.07, 6.45) is 0. The predicted octanol–water partition coefficient (Wildman–Crippen LogP) is 1.34. The Morgan fingerprint density at radius 2 is 2.32 bits per heavy atom. The Morgan fingerprint density at radius 1 is 1.53 bits per heavy atom. The molecule has 0 bridgehead atoms. The van der Waals surface area contributed by atoms with Crippen molar-refractivity contribution in [3.05, 3.63) is 33.8 Å². The first-order valence-corrected chi connectivity index (χ1v) is 6.85. The van der Waals surface area contributed by atoms with Gasteiger partial charge in [0.25, 0.3) is 0 Å². The van der Waals surface area contributed by atoms with Gasteiger partial charge in [0.05, 0.1) is 31.4 Å². The summed E-state index contributed by atoms with van der Waals surface area (Å²) in [7, 11) is 0. The monoisotopic (exact) mass is 329 g/mol. The minimum Gasteiger partial charge on any atom is -0.478 e. The molecule has 1 unspecified atom stereocenters. The van der Waals surface area contributed by atoms with Gasteiger partial charge in [0.1, 0.15) is 0 Å². The largest absolute Gasteiger partial charge is 0.478 e. The minimum absolute atomic E-state index is 0.000185. The average molecular weight is 330 g/mol. The molecule has 6 heteroatoms. The summed E-state index contributed by atoms with van der Waals surface area (Å²) in [6.45, 7) is 2.67. The Kier molecular flexibility index (Phi) is 4.93. The Balaban J connectivity index is 2.11. The van der Waals surface area contributed by atoms with Crippen molar-refractivity contribution in [3.63, 3.8) is 0 Å². The molecule has 5 nitrogen and oxygen atoms in total. The van der Waals surface area contributed by atoms with Crippen molar-refractivity contribution in [3.8, 4) is 0 Å². The number of carboxylic acids is 1. The molecule has 1 aliphatic rings. The zero-order valence-corrected chi connectivity index (χ0v) is 12.0. The first kappa shape index (κ1) is 14.5. The number of halogens is 1. The van der Waals surface area contributed by atoms with Crippen molar-refractivity contribution in [2.45, 2.75) is 12.6 Å². The predicted molar refractivity (Wildman–Crippen MR) is 73.2 cm³/mol. The summed E-state index contributed by atoms with van der Waals surface area (Å²) in [4.78, 5) is 13.0. The normalized spacial score (nSPS) is 20.4. The average Bonchev–Trinajstić information content (AvgIpc) is 2.41. The van der Waals surface area contributed by atoms with E-state index in [1.807, 2.05) is 0 Å². The number of hydrogen-bond acceptors (Lipinski definition) is 4. The van der Waals surface area contributed by atoms with Crippen LogP contribution in [0.1, 0.15) is 15.9 Å². The van der Waals surface area contributed by atoms with E-state index in [0.717, 1.165) is 16.6 Å². The minimum atomic E-state index is -0.938. The van der Waals surface area contributed by atoms with E-state index >= 15 is 0 Å². The van der Waals surface area contributed by atoms with E-state index in [1.54, 1.807) is 18.2 Å². The van der Waals surface area contributed by atoms with E-state index < -0.39 is 5.97 Å². The second-order valence-corrected chi connectivity index (χ2v) is 5.35. The number of aliphatic hydroxyl groups excluding tert-OH is 1. The second kappa shape index (κ2) is 6.47. The quantitative estimate of drug-likeness (QED) is 0.872. The third-order valence-corrected chi connectivity index (χ3v) is 3.97. The lowest BCUT2D eigenvalue weighted by Crippen LogP contribution is -2.46. The lowest BCUT2D eigenvalue weighted by atomic mass is 10.1. The first-order valence-electron chi connectivity index (χ1n) is 6.06. The van der Waals surface area contributed by atoms with Crippen LogP contribution in [0.3, 0.4) is 0 Å². The lowest BCUT2D eigenvalue weighted by Gasteiger charge is -2.34. The molecule has 0 aliphatic carbocycles. The molecule has 19 heavy (non-hydrogen) atoms. The van der Waals surface area contributed by atoms with Crippen LogP contribution in [-0.2, 0) is 11.3 Å². The second-order valence-electron chi connectivity index (χ2n) is 4.49. The Labute approximate surface area is 119 Å². The van der Waals surface area contributed by atoms with Crippen LogP contribution in [0.4, 0.5) is 0 Å². The van der Waals surface area contributed by atoms with Crippen LogP contribution in [-0.4, -0.2) is 53.5 Å². The van der Waals surface area contributed by atoms with Crippen molar-refractivity contribution in [2.75, 3.05) is 26.4 Å². The zero-order valence-electron chi connectivity index (χ0n) is 10.4. The first-order chi connectivity index (χ1) is 9.11. The molecular weight excluding hydrogens is 314 g/mol. The van der Waals surface area contributed by atoms with Crippen molar-refractivity contribution in [1.29, 1.82) is 0 Å². The van der Waals surface area contributed by atoms with E-state index in [1.165, 1.54) is 0 Å². The van der Waals surface area contributed by atoms with E-state index in [-0.39, 0.29) is 18.2 Å². The van der Waals surface area contributed by atoms with Gasteiger partial charge in [-0.2, -0.15) is 0 Å². The molecule has 2 N–H and O–H groups in total. The molecule has 1 aromatic rings. The topological polar surface area (TPSA) is 70.0 Å². The molecule has 0 aromatic heterocycles. The van der Waals surface area contributed by atoms with E-state index in [2.05, 4.69) is 20.8 Å². The van der Waals surface area contributed by atoms with Gasteiger partial charge in [-0.25, -0.2) is 4.79 Å². The highest BCUT2D eigenvalue weighted by Crippen LogP contribution is 2.22. The number of aromatic carboxylic acids is 1. The molecule has 0 radical (unpaired) electrons. The molecular formula is C13H16BrNO4. The highest BCUT2D eigenvalue weighted by Gasteiger charge is 2.23. The number of nitrogens with zero attached hydrogens (tertiary/aromatic N) is 1. The Hall–Kier alpha value is -0.950. The summed E-state index contributed by atoms with van der Waals surface area (Å²) in [5.41, 5.74) is 1.27. The zero-order chi connectivity index (χ0) is 13.8. The van der Waals surface area contributed by atoms with Crippen molar-refractivity contribution < 1.29 is 19.7 Å². The number of hydrogen-bond donors (Lipinski definition) is 2.